The van der Waals surface area contributed by atoms with E-state index in [0.717, 1.165) is 27.4 Å². The van der Waals surface area contributed by atoms with E-state index in [0.29, 0.717) is 0 Å². The molecule has 0 spiro atoms. The number of nitrogens with two attached hydrogens (primary N) is 2. The molecule has 0 aliphatic rings. The Hall–Kier alpha value is -2.39. The minimum Gasteiger partial charge on any atom is -0.398 e. The van der Waals surface area contributed by atoms with Crippen molar-refractivity contribution < 1.29 is 0 Å². The molecule has 0 aromatic heterocycles. The third kappa shape index (κ3) is 2.88. The van der Waals surface area contributed by atoms with Crippen LogP contribution in [0.15, 0.2) is 82.6 Å². The van der Waals surface area contributed by atoms with Gasteiger partial charge < -0.3 is 11.5 Å². The second-order valence-electron chi connectivity index (χ2n) is 4.72. The average Bonchev–Trinajstić information content (AvgIpc) is 2.50. The molecule has 0 unspecified atom stereocenters. The van der Waals surface area contributed by atoms with E-state index in [1.165, 1.54) is 4.90 Å². The number of anilines is 2. The SMILES string of the molecule is Nc1ccccc1-c1c(N)cccc1Sc1ccccc1. The fourth-order valence-corrected chi connectivity index (χ4v) is 3.29. The molecule has 0 aliphatic carbocycles. The van der Waals surface area contributed by atoms with E-state index in [-0.39, 0.29) is 0 Å². The third-order valence-corrected chi connectivity index (χ3v) is 4.33. The molecule has 0 amide bonds. The van der Waals surface area contributed by atoms with Gasteiger partial charge in [0.1, 0.15) is 0 Å². The Kier molecular flexibility index (Phi) is 3.84. The Labute approximate surface area is 128 Å². The van der Waals surface area contributed by atoms with Gasteiger partial charge in [0.25, 0.3) is 0 Å². The summed E-state index contributed by atoms with van der Waals surface area (Å²) in [4.78, 5) is 2.29. The Morgan fingerprint density at radius 2 is 1.29 bits per heavy atom. The van der Waals surface area contributed by atoms with Gasteiger partial charge in [0.2, 0.25) is 0 Å². The molecule has 0 heterocycles. The van der Waals surface area contributed by atoms with Gasteiger partial charge in [0, 0.05) is 32.3 Å². The predicted octanol–water partition coefficient (Wildman–Crippen LogP) is 4.67. The molecule has 0 atom stereocenters. The van der Waals surface area contributed by atoms with Crippen LogP contribution in [0.5, 0.6) is 0 Å². The molecule has 0 saturated heterocycles. The van der Waals surface area contributed by atoms with E-state index >= 15 is 0 Å². The van der Waals surface area contributed by atoms with Gasteiger partial charge in [-0.25, -0.2) is 0 Å². The Morgan fingerprint density at radius 1 is 0.619 bits per heavy atom. The van der Waals surface area contributed by atoms with Gasteiger partial charge in [-0.1, -0.05) is 54.2 Å². The van der Waals surface area contributed by atoms with Crippen LogP contribution in [0.4, 0.5) is 11.4 Å². The fraction of sp³-hybridized carbons (Fsp3) is 0. The lowest BCUT2D eigenvalue weighted by atomic mass is 10.0. The van der Waals surface area contributed by atoms with E-state index in [9.17, 15) is 0 Å². The zero-order valence-electron chi connectivity index (χ0n) is 11.5. The number of hydrogen-bond acceptors (Lipinski definition) is 3. The second-order valence-corrected chi connectivity index (χ2v) is 5.84. The van der Waals surface area contributed by atoms with Gasteiger partial charge in [0.15, 0.2) is 0 Å². The monoisotopic (exact) mass is 292 g/mol. The van der Waals surface area contributed by atoms with Crippen LogP contribution in [0.25, 0.3) is 11.1 Å². The summed E-state index contributed by atoms with van der Waals surface area (Å²) in [5.41, 5.74) is 15.8. The lowest BCUT2D eigenvalue weighted by Crippen LogP contribution is -1.96. The lowest BCUT2D eigenvalue weighted by Gasteiger charge is -2.14. The van der Waals surface area contributed by atoms with Crippen molar-refractivity contribution in [3.63, 3.8) is 0 Å². The molecule has 4 N–H and O–H groups in total. The summed E-state index contributed by atoms with van der Waals surface area (Å²) in [6.45, 7) is 0. The molecule has 21 heavy (non-hydrogen) atoms. The summed E-state index contributed by atoms with van der Waals surface area (Å²) < 4.78 is 0. The first-order chi connectivity index (χ1) is 10.3. The van der Waals surface area contributed by atoms with E-state index in [4.69, 9.17) is 11.5 Å². The van der Waals surface area contributed by atoms with Crippen LogP contribution in [0.1, 0.15) is 0 Å². The minimum atomic E-state index is 0.741. The summed E-state index contributed by atoms with van der Waals surface area (Å²) in [6.07, 6.45) is 0. The van der Waals surface area contributed by atoms with Gasteiger partial charge >= 0.3 is 0 Å². The third-order valence-electron chi connectivity index (χ3n) is 3.26. The summed E-state index contributed by atoms with van der Waals surface area (Å²) in [5, 5.41) is 0. The Morgan fingerprint density at radius 3 is 2.05 bits per heavy atom. The molecular weight excluding hydrogens is 276 g/mol. The van der Waals surface area contributed by atoms with E-state index < -0.39 is 0 Å². The van der Waals surface area contributed by atoms with Crippen molar-refractivity contribution in [3.8, 4) is 11.1 Å². The topological polar surface area (TPSA) is 52.0 Å². The first-order valence-corrected chi connectivity index (χ1v) is 7.53. The van der Waals surface area contributed by atoms with Crippen LogP contribution in [0.3, 0.4) is 0 Å². The Bertz CT molecular complexity index is 754. The summed E-state index contributed by atoms with van der Waals surface area (Å²) in [6, 6.07) is 24.1. The summed E-state index contributed by atoms with van der Waals surface area (Å²) >= 11 is 1.70. The molecule has 3 heteroatoms. The number of nitrogen functional groups attached to an aromatic ring is 2. The van der Waals surface area contributed by atoms with Gasteiger partial charge in [0.05, 0.1) is 0 Å². The molecule has 3 aromatic rings. The van der Waals surface area contributed by atoms with Crippen LogP contribution in [0.2, 0.25) is 0 Å². The van der Waals surface area contributed by atoms with Crippen molar-refractivity contribution in [1.29, 1.82) is 0 Å². The largest absolute Gasteiger partial charge is 0.398 e. The van der Waals surface area contributed by atoms with Crippen LogP contribution >= 0.6 is 11.8 Å². The van der Waals surface area contributed by atoms with Crippen molar-refractivity contribution >= 4 is 23.1 Å². The molecule has 0 radical (unpaired) electrons. The number of benzene rings is 3. The molecule has 0 aliphatic heterocycles. The zero-order valence-corrected chi connectivity index (χ0v) is 12.3. The van der Waals surface area contributed by atoms with Gasteiger partial charge in [-0.2, -0.15) is 0 Å². The quantitative estimate of drug-likeness (QED) is 0.690. The van der Waals surface area contributed by atoms with Gasteiger partial charge in [-0.05, 0) is 30.3 Å². The summed E-state index contributed by atoms with van der Waals surface area (Å²) in [7, 11) is 0. The molecule has 0 bridgehead atoms. The second kappa shape index (κ2) is 5.94. The maximum absolute atomic E-state index is 6.21. The standard InChI is InChI=1S/C18H16N2S/c19-15-10-5-4-9-14(15)18-16(20)11-6-12-17(18)21-13-7-2-1-3-8-13/h1-12H,19-20H2. The van der Waals surface area contributed by atoms with E-state index in [2.05, 4.69) is 18.2 Å². The highest BCUT2D eigenvalue weighted by atomic mass is 32.2. The smallest absolute Gasteiger partial charge is 0.0406 e. The maximum atomic E-state index is 6.21. The van der Waals surface area contributed by atoms with Crippen molar-refractivity contribution in [2.24, 2.45) is 0 Å². The highest BCUT2D eigenvalue weighted by Crippen LogP contribution is 2.41. The molecular formula is C18H16N2S. The zero-order chi connectivity index (χ0) is 14.7. The first-order valence-electron chi connectivity index (χ1n) is 6.72. The molecule has 0 fully saturated rings. The number of rotatable bonds is 3. The van der Waals surface area contributed by atoms with Crippen LogP contribution in [0, 0.1) is 0 Å². The molecule has 3 rings (SSSR count). The minimum absolute atomic E-state index is 0.741. The lowest BCUT2D eigenvalue weighted by molar-refractivity contribution is 1.40. The molecule has 0 saturated carbocycles. The molecule has 3 aromatic carbocycles. The van der Waals surface area contributed by atoms with Crippen molar-refractivity contribution in [2.45, 2.75) is 9.79 Å². The number of hydrogen-bond donors (Lipinski definition) is 2. The highest BCUT2D eigenvalue weighted by Gasteiger charge is 2.12. The average molecular weight is 292 g/mol. The molecule has 2 nitrogen and oxygen atoms in total. The van der Waals surface area contributed by atoms with Crippen molar-refractivity contribution in [1.82, 2.24) is 0 Å². The molecule has 104 valence electrons. The predicted molar refractivity (Wildman–Crippen MR) is 91.3 cm³/mol. The van der Waals surface area contributed by atoms with Gasteiger partial charge in [-0.3, -0.25) is 0 Å². The fourth-order valence-electron chi connectivity index (χ4n) is 2.26. The Balaban J connectivity index is 2.10. The van der Waals surface area contributed by atoms with Crippen molar-refractivity contribution in [2.75, 3.05) is 11.5 Å². The van der Waals surface area contributed by atoms with E-state index in [1.54, 1.807) is 11.8 Å². The highest BCUT2D eigenvalue weighted by molar-refractivity contribution is 7.99. The number of para-hydroxylation sites is 1. The van der Waals surface area contributed by atoms with Crippen LogP contribution < -0.4 is 11.5 Å². The van der Waals surface area contributed by atoms with Crippen LogP contribution in [-0.2, 0) is 0 Å². The van der Waals surface area contributed by atoms with E-state index in [1.807, 2.05) is 54.6 Å². The van der Waals surface area contributed by atoms with Gasteiger partial charge in [-0.15, -0.1) is 0 Å². The maximum Gasteiger partial charge on any atom is 0.0406 e. The summed E-state index contributed by atoms with van der Waals surface area (Å²) in [5.74, 6) is 0. The van der Waals surface area contributed by atoms with Crippen molar-refractivity contribution in [3.05, 3.63) is 72.8 Å². The van der Waals surface area contributed by atoms with Crippen LogP contribution in [-0.4, -0.2) is 0 Å². The normalized spacial score (nSPS) is 10.5. The first kappa shape index (κ1) is 13.6.